The summed E-state index contributed by atoms with van der Waals surface area (Å²) in [5, 5.41) is 5.06. The zero-order valence-electron chi connectivity index (χ0n) is 12.7. The maximum atomic E-state index is 11.9. The zero-order valence-corrected chi connectivity index (χ0v) is 13.5. The fourth-order valence-corrected chi connectivity index (χ4v) is 2.27. The Hall–Kier alpha value is -2.99. The zero-order chi connectivity index (χ0) is 16.9. The topological polar surface area (TPSA) is 76.5 Å². The Labute approximate surface area is 143 Å². The van der Waals surface area contributed by atoms with Crippen LogP contribution in [0.3, 0.4) is 0 Å². The lowest BCUT2D eigenvalue weighted by Gasteiger charge is -2.04. The van der Waals surface area contributed by atoms with Gasteiger partial charge in [-0.1, -0.05) is 17.7 Å². The van der Waals surface area contributed by atoms with Crippen LogP contribution in [0.25, 0.3) is 10.9 Å². The molecule has 24 heavy (non-hydrogen) atoms. The maximum Gasteiger partial charge on any atom is 0.289 e. The molecule has 1 aromatic carbocycles. The third-order valence-electron chi connectivity index (χ3n) is 3.27. The SMILES string of the molecule is COc1ccc2nc(Cl)c(/C=N\NC(=O)c3ccccn3)cc2c1. The minimum Gasteiger partial charge on any atom is -0.497 e. The standard InChI is InChI=1S/C17H13ClN4O2/c1-24-13-5-6-14-11(9-13)8-12(16(18)21-14)10-20-22-17(23)15-4-2-3-7-19-15/h2-10H,1H3,(H,22,23)/b20-10-. The maximum absolute atomic E-state index is 11.9. The van der Waals surface area contributed by atoms with Crippen molar-refractivity contribution in [1.29, 1.82) is 0 Å². The molecule has 0 unspecified atom stereocenters. The van der Waals surface area contributed by atoms with Crippen molar-refractivity contribution in [2.24, 2.45) is 5.10 Å². The highest BCUT2D eigenvalue weighted by Crippen LogP contribution is 2.23. The molecule has 1 amide bonds. The number of hydrazone groups is 1. The van der Waals surface area contributed by atoms with Gasteiger partial charge in [0.05, 0.1) is 18.8 Å². The van der Waals surface area contributed by atoms with Crippen molar-refractivity contribution in [2.45, 2.75) is 0 Å². The summed E-state index contributed by atoms with van der Waals surface area (Å²) >= 11 is 6.15. The highest BCUT2D eigenvalue weighted by atomic mass is 35.5. The predicted octanol–water partition coefficient (Wildman–Crippen LogP) is 3.06. The number of fused-ring (bicyclic) bond motifs is 1. The third-order valence-corrected chi connectivity index (χ3v) is 3.57. The summed E-state index contributed by atoms with van der Waals surface area (Å²) in [5.41, 5.74) is 4.01. The highest BCUT2D eigenvalue weighted by Gasteiger charge is 2.06. The number of ether oxygens (including phenoxy) is 1. The molecular weight excluding hydrogens is 328 g/mol. The molecule has 120 valence electrons. The first-order valence-electron chi connectivity index (χ1n) is 7.06. The van der Waals surface area contributed by atoms with Crippen molar-refractivity contribution in [3.63, 3.8) is 0 Å². The second-order valence-corrected chi connectivity index (χ2v) is 5.20. The van der Waals surface area contributed by atoms with Crippen molar-refractivity contribution in [3.05, 3.63) is 65.1 Å². The van der Waals surface area contributed by atoms with Crippen molar-refractivity contribution in [2.75, 3.05) is 7.11 Å². The molecule has 0 aliphatic carbocycles. The van der Waals surface area contributed by atoms with Gasteiger partial charge in [0.15, 0.2) is 0 Å². The Balaban J connectivity index is 1.81. The molecule has 6 nitrogen and oxygen atoms in total. The van der Waals surface area contributed by atoms with Crippen LogP contribution in [0.1, 0.15) is 16.1 Å². The molecule has 2 aromatic heterocycles. The summed E-state index contributed by atoms with van der Waals surface area (Å²) in [6.07, 6.45) is 2.98. The molecule has 2 heterocycles. The molecule has 0 radical (unpaired) electrons. The molecule has 3 rings (SSSR count). The number of hydrogen-bond donors (Lipinski definition) is 1. The monoisotopic (exact) mass is 340 g/mol. The van der Waals surface area contributed by atoms with E-state index in [2.05, 4.69) is 20.5 Å². The number of hydrogen-bond acceptors (Lipinski definition) is 5. The molecule has 0 aliphatic heterocycles. The molecule has 0 atom stereocenters. The quantitative estimate of drug-likeness (QED) is 0.450. The first-order chi connectivity index (χ1) is 11.7. The Morgan fingerprint density at radius 2 is 2.17 bits per heavy atom. The van der Waals surface area contributed by atoms with Crippen LogP contribution >= 0.6 is 11.6 Å². The molecule has 0 spiro atoms. The minimum absolute atomic E-state index is 0.280. The van der Waals surface area contributed by atoms with E-state index in [1.807, 2.05) is 24.3 Å². The number of carbonyl (C=O) groups excluding carboxylic acids is 1. The number of nitrogens with zero attached hydrogens (tertiary/aromatic N) is 3. The molecule has 1 N–H and O–H groups in total. The van der Waals surface area contributed by atoms with E-state index in [1.165, 1.54) is 12.4 Å². The number of benzene rings is 1. The molecular formula is C17H13ClN4O2. The van der Waals surface area contributed by atoms with Gasteiger partial charge >= 0.3 is 0 Å². The largest absolute Gasteiger partial charge is 0.497 e. The van der Waals surface area contributed by atoms with E-state index >= 15 is 0 Å². The van der Waals surface area contributed by atoms with Gasteiger partial charge in [-0.15, -0.1) is 0 Å². The number of aromatic nitrogens is 2. The van der Waals surface area contributed by atoms with Crippen LogP contribution in [0.15, 0.2) is 53.8 Å². The molecule has 0 aliphatic rings. The number of pyridine rings is 2. The van der Waals surface area contributed by atoms with E-state index in [-0.39, 0.29) is 5.69 Å². The van der Waals surface area contributed by atoms with E-state index < -0.39 is 5.91 Å². The number of nitrogens with one attached hydrogen (secondary N) is 1. The van der Waals surface area contributed by atoms with Crippen molar-refractivity contribution in [3.8, 4) is 5.75 Å². The fraction of sp³-hybridized carbons (Fsp3) is 0.0588. The summed E-state index contributed by atoms with van der Waals surface area (Å²) in [5.74, 6) is 0.316. The highest BCUT2D eigenvalue weighted by molar-refractivity contribution is 6.32. The lowest BCUT2D eigenvalue weighted by atomic mass is 10.1. The average Bonchev–Trinajstić information content (AvgIpc) is 2.62. The van der Waals surface area contributed by atoms with Gasteiger partial charge in [-0.25, -0.2) is 10.4 Å². The van der Waals surface area contributed by atoms with Crippen LogP contribution < -0.4 is 10.2 Å². The van der Waals surface area contributed by atoms with Gasteiger partial charge in [0, 0.05) is 17.1 Å². The average molecular weight is 341 g/mol. The number of rotatable bonds is 4. The minimum atomic E-state index is -0.404. The smallest absolute Gasteiger partial charge is 0.289 e. The normalized spacial score (nSPS) is 10.9. The molecule has 0 saturated heterocycles. The van der Waals surface area contributed by atoms with Gasteiger partial charge in [0.2, 0.25) is 0 Å². The van der Waals surface area contributed by atoms with Gasteiger partial charge in [-0.3, -0.25) is 9.78 Å². The van der Waals surface area contributed by atoms with Crippen LogP contribution in [-0.4, -0.2) is 29.2 Å². The van der Waals surface area contributed by atoms with Crippen LogP contribution in [0, 0.1) is 0 Å². The first kappa shape index (κ1) is 15.9. The molecule has 0 saturated carbocycles. The lowest BCUT2D eigenvalue weighted by molar-refractivity contribution is 0.0950. The summed E-state index contributed by atoms with van der Waals surface area (Å²) in [4.78, 5) is 20.1. The first-order valence-corrected chi connectivity index (χ1v) is 7.44. The predicted molar refractivity (Wildman–Crippen MR) is 92.6 cm³/mol. The lowest BCUT2D eigenvalue weighted by Crippen LogP contribution is -2.18. The number of methoxy groups -OCH3 is 1. The molecule has 0 fully saturated rings. The van der Waals surface area contributed by atoms with Crippen molar-refractivity contribution >= 4 is 34.6 Å². The Kier molecular flexibility index (Phi) is 4.67. The van der Waals surface area contributed by atoms with Crippen molar-refractivity contribution in [1.82, 2.24) is 15.4 Å². The summed E-state index contributed by atoms with van der Waals surface area (Å²) in [6.45, 7) is 0. The van der Waals surface area contributed by atoms with Gasteiger partial charge < -0.3 is 4.74 Å². The van der Waals surface area contributed by atoms with E-state index in [0.717, 1.165) is 16.7 Å². The summed E-state index contributed by atoms with van der Waals surface area (Å²) in [6, 6.07) is 12.4. The van der Waals surface area contributed by atoms with Crippen LogP contribution in [0.5, 0.6) is 5.75 Å². The summed E-state index contributed by atoms with van der Waals surface area (Å²) in [7, 11) is 1.60. The van der Waals surface area contributed by atoms with Crippen LogP contribution in [0.2, 0.25) is 5.15 Å². The number of halogens is 1. The van der Waals surface area contributed by atoms with E-state index in [1.54, 1.807) is 25.3 Å². The number of amides is 1. The summed E-state index contributed by atoms with van der Waals surface area (Å²) < 4.78 is 5.20. The second-order valence-electron chi connectivity index (χ2n) is 4.84. The number of carbonyl (C=O) groups is 1. The van der Waals surface area contributed by atoms with E-state index in [4.69, 9.17) is 16.3 Å². The molecule has 3 aromatic rings. The Morgan fingerprint density at radius 3 is 2.92 bits per heavy atom. The third kappa shape index (κ3) is 3.49. The van der Waals surface area contributed by atoms with Gasteiger partial charge in [0.25, 0.3) is 5.91 Å². The van der Waals surface area contributed by atoms with E-state index in [0.29, 0.717) is 10.7 Å². The van der Waals surface area contributed by atoms with Gasteiger partial charge in [-0.05, 0) is 36.4 Å². The molecule has 0 bridgehead atoms. The van der Waals surface area contributed by atoms with Crippen LogP contribution in [0.4, 0.5) is 0 Å². The van der Waals surface area contributed by atoms with E-state index in [9.17, 15) is 4.79 Å². The molecule has 7 heteroatoms. The second kappa shape index (κ2) is 7.06. The Morgan fingerprint density at radius 1 is 1.29 bits per heavy atom. The van der Waals surface area contributed by atoms with Crippen molar-refractivity contribution < 1.29 is 9.53 Å². The Bertz CT molecular complexity index is 913. The fourth-order valence-electron chi connectivity index (χ4n) is 2.08. The van der Waals surface area contributed by atoms with Crippen LogP contribution in [-0.2, 0) is 0 Å². The van der Waals surface area contributed by atoms with Gasteiger partial charge in [-0.2, -0.15) is 5.10 Å². The van der Waals surface area contributed by atoms with Gasteiger partial charge in [0.1, 0.15) is 16.6 Å².